The average Bonchev–Trinajstić information content (AvgIpc) is 2.51. The number of hydrogen-bond donors (Lipinski definition) is 0. The van der Waals surface area contributed by atoms with Gasteiger partial charge < -0.3 is 4.18 Å². The fraction of sp³-hybridized carbons (Fsp3) is 0.133. The number of benzene rings is 2. The molecule has 0 saturated carbocycles. The molecule has 2 rings (SSSR count). The van der Waals surface area contributed by atoms with Gasteiger partial charge in [-0.3, -0.25) is 10.1 Å². The molecular formula is C15H11ClN2O5S. The molecule has 124 valence electrons. The summed E-state index contributed by atoms with van der Waals surface area (Å²) in [7, 11) is -4.48. The summed E-state index contributed by atoms with van der Waals surface area (Å²) in [5, 5.41) is 19.8. The number of hydrogen-bond acceptors (Lipinski definition) is 6. The maximum Gasteiger partial charge on any atom is 0.346 e. The van der Waals surface area contributed by atoms with E-state index in [1.54, 1.807) is 13.8 Å². The lowest BCUT2D eigenvalue weighted by Crippen LogP contribution is -2.13. The molecule has 24 heavy (non-hydrogen) atoms. The van der Waals surface area contributed by atoms with E-state index in [-0.39, 0.29) is 16.3 Å². The SMILES string of the molecule is Cc1cc([N+](=O)[O-])c(S(=O)(=O)Oc2ccc(C#N)cc2Cl)cc1C. The van der Waals surface area contributed by atoms with Crippen LogP contribution in [0.2, 0.25) is 5.02 Å². The van der Waals surface area contributed by atoms with Crippen molar-refractivity contribution in [3.8, 4) is 11.8 Å². The predicted octanol–water partition coefficient (Wildman–Crippen LogP) is 3.50. The Kier molecular flexibility index (Phi) is 4.78. The third kappa shape index (κ3) is 3.48. The number of aryl methyl sites for hydroxylation is 2. The van der Waals surface area contributed by atoms with Gasteiger partial charge in [0.05, 0.1) is 21.6 Å². The summed E-state index contributed by atoms with van der Waals surface area (Å²) in [4.78, 5) is 9.81. The number of halogens is 1. The third-order valence-electron chi connectivity index (χ3n) is 3.30. The van der Waals surface area contributed by atoms with Gasteiger partial charge in [-0.15, -0.1) is 0 Å². The zero-order valence-corrected chi connectivity index (χ0v) is 14.2. The van der Waals surface area contributed by atoms with E-state index in [0.29, 0.717) is 11.1 Å². The molecule has 0 bridgehead atoms. The molecular weight excluding hydrogens is 356 g/mol. The molecule has 0 spiro atoms. The standard InChI is InChI=1S/C15H11ClN2O5S/c1-9-5-13(18(19)20)15(6-10(9)2)24(21,22)23-14-4-3-11(8-17)7-12(14)16/h3-7H,1-2H3. The molecule has 2 aromatic rings. The van der Waals surface area contributed by atoms with Gasteiger partial charge in [0.1, 0.15) is 0 Å². The van der Waals surface area contributed by atoms with Gasteiger partial charge in [-0.1, -0.05) is 11.6 Å². The van der Waals surface area contributed by atoms with E-state index >= 15 is 0 Å². The Hall–Kier alpha value is -2.63. The summed E-state index contributed by atoms with van der Waals surface area (Å²) >= 11 is 5.89. The monoisotopic (exact) mass is 366 g/mol. The molecule has 0 fully saturated rings. The number of nitro benzene ring substituents is 1. The first-order chi connectivity index (χ1) is 11.2. The minimum Gasteiger partial charge on any atom is -0.377 e. The van der Waals surface area contributed by atoms with Crippen molar-refractivity contribution in [3.05, 3.63) is 62.2 Å². The van der Waals surface area contributed by atoms with Gasteiger partial charge in [0.2, 0.25) is 0 Å². The van der Waals surface area contributed by atoms with Crippen LogP contribution in [0, 0.1) is 35.3 Å². The Morgan fingerprint density at radius 2 is 1.83 bits per heavy atom. The van der Waals surface area contributed by atoms with Gasteiger partial charge in [0.15, 0.2) is 10.6 Å². The Labute approximate surface area is 143 Å². The van der Waals surface area contributed by atoms with E-state index in [1.807, 2.05) is 6.07 Å². The Balaban J connectivity index is 2.54. The van der Waals surface area contributed by atoms with E-state index in [2.05, 4.69) is 0 Å². The minimum absolute atomic E-state index is 0.0934. The van der Waals surface area contributed by atoms with Crippen molar-refractivity contribution < 1.29 is 17.5 Å². The molecule has 0 aliphatic rings. The topological polar surface area (TPSA) is 110 Å². The van der Waals surface area contributed by atoms with E-state index in [4.69, 9.17) is 21.0 Å². The van der Waals surface area contributed by atoms with Gasteiger partial charge >= 0.3 is 10.1 Å². The quantitative estimate of drug-likeness (QED) is 0.465. The molecule has 2 aromatic carbocycles. The summed E-state index contributed by atoms with van der Waals surface area (Å²) in [6, 6.07) is 7.98. The van der Waals surface area contributed by atoms with Crippen LogP contribution >= 0.6 is 11.6 Å². The zero-order valence-electron chi connectivity index (χ0n) is 12.6. The first kappa shape index (κ1) is 17.7. The van der Waals surface area contributed by atoms with E-state index in [1.165, 1.54) is 30.3 Å². The highest BCUT2D eigenvalue weighted by Gasteiger charge is 2.29. The molecule has 7 nitrogen and oxygen atoms in total. The van der Waals surface area contributed by atoms with Crippen LogP contribution in [0.4, 0.5) is 5.69 Å². The highest BCUT2D eigenvalue weighted by Crippen LogP contribution is 2.32. The minimum atomic E-state index is -4.48. The first-order valence-electron chi connectivity index (χ1n) is 6.55. The zero-order chi connectivity index (χ0) is 18.1. The second-order valence-corrected chi connectivity index (χ2v) is 6.88. The van der Waals surface area contributed by atoms with Crippen LogP contribution < -0.4 is 4.18 Å². The van der Waals surface area contributed by atoms with Crippen LogP contribution in [0.1, 0.15) is 16.7 Å². The molecule has 0 heterocycles. The summed E-state index contributed by atoms with van der Waals surface area (Å²) in [5.74, 6) is -0.219. The fourth-order valence-corrected chi connectivity index (χ4v) is 3.37. The van der Waals surface area contributed by atoms with Crippen LogP contribution in [0.5, 0.6) is 5.75 Å². The van der Waals surface area contributed by atoms with Crippen LogP contribution in [0.15, 0.2) is 35.2 Å². The Morgan fingerprint density at radius 3 is 2.38 bits per heavy atom. The van der Waals surface area contributed by atoms with Crippen molar-refractivity contribution in [3.63, 3.8) is 0 Å². The largest absolute Gasteiger partial charge is 0.377 e. The highest BCUT2D eigenvalue weighted by molar-refractivity contribution is 7.87. The number of nitro groups is 1. The second kappa shape index (κ2) is 6.47. The molecule has 0 aliphatic heterocycles. The summed E-state index contributed by atoms with van der Waals surface area (Å²) in [6.07, 6.45) is 0. The molecule has 0 aliphatic carbocycles. The van der Waals surface area contributed by atoms with Gasteiger partial charge in [0.25, 0.3) is 5.69 Å². The predicted molar refractivity (Wildman–Crippen MR) is 86.6 cm³/mol. The van der Waals surface area contributed by atoms with Gasteiger partial charge in [-0.2, -0.15) is 13.7 Å². The number of nitriles is 1. The lowest BCUT2D eigenvalue weighted by atomic mass is 10.1. The van der Waals surface area contributed by atoms with Crippen LogP contribution in [0.25, 0.3) is 0 Å². The van der Waals surface area contributed by atoms with Gasteiger partial charge in [0, 0.05) is 6.07 Å². The smallest absolute Gasteiger partial charge is 0.346 e. The molecule has 0 radical (unpaired) electrons. The van der Waals surface area contributed by atoms with E-state index in [9.17, 15) is 18.5 Å². The average molecular weight is 367 g/mol. The normalized spacial score (nSPS) is 10.9. The molecule has 0 saturated heterocycles. The molecule has 0 atom stereocenters. The van der Waals surface area contributed by atoms with Crippen molar-refractivity contribution in [2.45, 2.75) is 18.7 Å². The Morgan fingerprint density at radius 1 is 1.21 bits per heavy atom. The molecule has 0 aromatic heterocycles. The lowest BCUT2D eigenvalue weighted by molar-refractivity contribution is -0.387. The van der Waals surface area contributed by atoms with Crippen molar-refractivity contribution in [2.24, 2.45) is 0 Å². The number of rotatable bonds is 4. The summed E-state index contributed by atoms with van der Waals surface area (Å²) in [5.41, 5.74) is 0.788. The van der Waals surface area contributed by atoms with E-state index < -0.39 is 25.6 Å². The van der Waals surface area contributed by atoms with Crippen molar-refractivity contribution >= 4 is 27.4 Å². The van der Waals surface area contributed by atoms with Crippen molar-refractivity contribution in [2.75, 3.05) is 0 Å². The van der Waals surface area contributed by atoms with Crippen LogP contribution in [-0.2, 0) is 10.1 Å². The first-order valence-corrected chi connectivity index (χ1v) is 8.34. The second-order valence-electron chi connectivity index (χ2n) is 4.96. The summed E-state index contributed by atoms with van der Waals surface area (Å²) in [6.45, 7) is 3.27. The molecule has 0 unspecified atom stereocenters. The molecule has 0 N–H and O–H groups in total. The van der Waals surface area contributed by atoms with E-state index in [0.717, 1.165) is 0 Å². The van der Waals surface area contributed by atoms with Crippen molar-refractivity contribution in [1.82, 2.24) is 0 Å². The highest BCUT2D eigenvalue weighted by atomic mass is 35.5. The van der Waals surface area contributed by atoms with Crippen molar-refractivity contribution in [1.29, 1.82) is 5.26 Å². The lowest BCUT2D eigenvalue weighted by Gasteiger charge is -2.10. The summed E-state index contributed by atoms with van der Waals surface area (Å²) < 4.78 is 29.8. The molecule has 0 amide bonds. The number of nitrogens with zero attached hydrogens (tertiary/aromatic N) is 2. The van der Waals surface area contributed by atoms with Crippen LogP contribution in [-0.4, -0.2) is 13.3 Å². The third-order valence-corrected chi connectivity index (χ3v) is 4.86. The van der Waals surface area contributed by atoms with Gasteiger partial charge in [-0.05, 0) is 49.2 Å². The Bertz CT molecular complexity index is 980. The maximum absolute atomic E-state index is 12.4. The van der Waals surface area contributed by atoms with Gasteiger partial charge in [-0.25, -0.2) is 0 Å². The van der Waals surface area contributed by atoms with Crippen LogP contribution in [0.3, 0.4) is 0 Å². The maximum atomic E-state index is 12.4. The fourth-order valence-electron chi connectivity index (χ4n) is 1.92. The molecule has 9 heteroatoms.